The highest BCUT2D eigenvalue weighted by atomic mass is 19.4. The van der Waals surface area contributed by atoms with Gasteiger partial charge in [-0.2, -0.15) is 13.2 Å². The van der Waals surface area contributed by atoms with Crippen molar-refractivity contribution < 1.29 is 27.6 Å². The number of imide groups is 1. The summed E-state index contributed by atoms with van der Waals surface area (Å²) >= 11 is 0. The lowest BCUT2D eigenvalue weighted by Gasteiger charge is -2.26. The number of fused-ring (bicyclic) bond motifs is 1. The smallest absolute Gasteiger partial charge is 0.272 e. The van der Waals surface area contributed by atoms with Crippen LogP contribution in [0.2, 0.25) is 0 Å². The number of amides is 2. The van der Waals surface area contributed by atoms with Crippen LogP contribution in [0.15, 0.2) is 72.8 Å². The molecule has 0 fully saturated rings. The maximum Gasteiger partial charge on any atom is 0.416 e. The third-order valence-electron chi connectivity index (χ3n) is 4.84. The fraction of sp³-hybridized carbons (Fsp3) is 0.130. The van der Waals surface area contributed by atoms with E-state index in [1.54, 1.807) is 18.2 Å². The fourth-order valence-electron chi connectivity index (χ4n) is 3.26. The molecule has 2 amide bonds. The van der Waals surface area contributed by atoms with Crippen LogP contribution >= 0.6 is 0 Å². The Balaban J connectivity index is 1.58. The summed E-state index contributed by atoms with van der Waals surface area (Å²) in [4.78, 5) is 30.7. The second-order valence-electron chi connectivity index (χ2n) is 6.88. The molecule has 0 aliphatic carbocycles. The molecule has 152 valence electrons. The molecule has 0 saturated carbocycles. The minimum Gasteiger partial charge on any atom is -0.272 e. The van der Waals surface area contributed by atoms with Gasteiger partial charge in [-0.05, 0) is 40.5 Å². The highest BCUT2D eigenvalue weighted by Crippen LogP contribution is 2.32. The third kappa shape index (κ3) is 3.97. The lowest BCUT2D eigenvalue weighted by atomic mass is 9.94. The molecule has 0 radical (unpaired) electrons. The molecule has 0 aromatic heterocycles. The average Bonchev–Trinajstić information content (AvgIpc) is 2.74. The van der Waals surface area contributed by atoms with Crippen molar-refractivity contribution in [1.82, 2.24) is 5.06 Å². The Bertz CT molecular complexity index is 1090. The molecule has 3 aromatic carbocycles. The Hall–Kier alpha value is -3.45. The average molecular weight is 411 g/mol. The Labute approximate surface area is 170 Å². The summed E-state index contributed by atoms with van der Waals surface area (Å²) in [5.41, 5.74) is 2.02. The summed E-state index contributed by atoms with van der Waals surface area (Å²) in [5, 5.41) is 0.756. The van der Waals surface area contributed by atoms with Gasteiger partial charge in [-0.25, -0.2) is 0 Å². The molecule has 3 aromatic rings. The molecule has 0 bridgehead atoms. The third-order valence-corrected chi connectivity index (χ3v) is 4.84. The first kappa shape index (κ1) is 19.8. The monoisotopic (exact) mass is 411 g/mol. The van der Waals surface area contributed by atoms with Crippen LogP contribution in [-0.2, 0) is 28.8 Å². The Morgan fingerprint density at radius 2 is 1.53 bits per heavy atom. The van der Waals surface area contributed by atoms with Crippen molar-refractivity contribution in [1.29, 1.82) is 0 Å². The second-order valence-corrected chi connectivity index (χ2v) is 6.88. The first-order chi connectivity index (χ1) is 14.3. The van der Waals surface area contributed by atoms with Gasteiger partial charge in [0.15, 0.2) is 0 Å². The molecular weight excluding hydrogens is 395 g/mol. The van der Waals surface area contributed by atoms with E-state index in [9.17, 15) is 22.8 Å². The van der Waals surface area contributed by atoms with Crippen molar-refractivity contribution in [3.8, 4) is 11.1 Å². The molecule has 1 aliphatic rings. The standard InChI is InChI=1S/C23H16F3NO3/c24-23(25,26)19-10-8-16(9-11-19)17-6-7-18-13-21(28)27(22(29)20(18)12-17)30-14-15-4-2-1-3-5-15/h1-12H,13-14H2. The van der Waals surface area contributed by atoms with E-state index in [0.29, 0.717) is 22.3 Å². The van der Waals surface area contributed by atoms with E-state index in [4.69, 9.17) is 4.84 Å². The van der Waals surface area contributed by atoms with Gasteiger partial charge >= 0.3 is 6.18 Å². The lowest BCUT2D eigenvalue weighted by molar-refractivity contribution is -0.174. The molecule has 4 rings (SSSR count). The Kier molecular flexibility index (Phi) is 5.13. The van der Waals surface area contributed by atoms with Crippen LogP contribution in [0.3, 0.4) is 0 Å². The molecular formula is C23H16F3NO3. The van der Waals surface area contributed by atoms with E-state index < -0.39 is 23.6 Å². The van der Waals surface area contributed by atoms with Crippen molar-refractivity contribution in [2.45, 2.75) is 19.2 Å². The zero-order chi connectivity index (χ0) is 21.3. The maximum absolute atomic E-state index is 12.8. The van der Waals surface area contributed by atoms with Gasteiger partial charge in [0.2, 0.25) is 0 Å². The first-order valence-corrected chi connectivity index (χ1v) is 9.17. The zero-order valence-corrected chi connectivity index (χ0v) is 15.6. The van der Waals surface area contributed by atoms with Crippen LogP contribution in [0.5, 0.6) is 0 Å². The van der Waals surface area contributed by atoms with Crippen molar-refractivity contribution in [3.63, 3.8) is 0 Å². The largest absolute Gasteiger partial charge is 0.416 e. The maximum atomic E-state index is 12.8. The van der Waals surface area contributed by atoms with Gasteiger partial charge in [0.1, 0.15) is 6.61 Å². The van der Waals surface area contributed by atoms with E-state index in [2.05, 4.69) is 0 Å². The highest BCUT2D eigenvalue weighted by molar-refractivity contribution is 6.09. The summed E-state index contributed by atoms with van der Waals surface area (Å²) in [6.07, 6.45) is -4.41. The molecule has 4 nitrogen and oxygen atoms in total. The van der Waals surface area contributed by atoms with Gasteiger partial charge in [-0.15, -0.1) is 5.06 Å². The van der Waals surface area contributed by atoms with Gasteiger partial charge in [0.25, 0.3) is 11.8 Å². The summed E-state index contributed by atoms with van der Waals surface area (Å²) in [6, 6.07) is 18.7. The first-order valence-electron chi connectivity index (χ1n) is 9.17. The topological polar surface area (TPSA) is 46.6 Å². The fourth-order valence-corrected chi connectivity index (χ4v) is 3.26. The van der Waals surface area contributed by atoms with E-state index in [1.807, 2.05) is 30.3 Å². The van der Waals surface area contributed by atoms with Gasteiger partial charge in [-0.1, -0.05) is 54.6 Å². The number of carbonyl (C=O) groups excluding carboxylic acids is 2. The minimum atomic E-state index is -4.42. The van der Waals surface area contributed by atoms with Crippen LogP contribution in [0.25, 0.3) is 11.1 Å². The molecule has 0 saturated heterocycles. The molecule has 1 heterocycles. The van der Waals surface area contributed by atoms with Crippen LogP contribution in [-0.4, -0.2) is 16.9 Å². The normalized spacial score (nSPS) is 14.0. The number of benzene rings is 3. The molecule has 0 atom stereocenters. The molecule has 0 N–H and O–H groups in total. The summed E-state index contributed by atoms with van der Waals surface area (Å²) in [6.45, 7) is 0.0618. The van der Waals surface area contributed by atoms with Crippen LogP contribution in [0.4, 0.5) is 13.2 Å². The zero-order valence-electron chi connectivity index (χ0n) is 15.6. The van der Waals surface area contributed by atoms with Crippen molar-refractivity contribution >= 4 is 11.8 Å². The molecule has 7 heteroatoms. The van der Waals surface area contributed by atoms with E-state index >= 15 is 0 Å². The number of hydroxylamine groups is 2. The van der Waals surface area contributed by atoms with E-state index in [-0.39, 0.29) is 13.0 Å². The van der Waals surface area contributed by atoms with E-state index in [0.717, 1.165) is 22.8 Å². The van der Waals surface area contributed by atoms with E-state index in [1.165, 1.54) is 12.1 Å². The predicted octanol–water partition coefficient (Wildman–Crippen LogP) is 5.03. The molecule has 1 aliphatic heterocycles. The molecule has 0 spiro atoms. The quantitative estimate of drug-likeness (QED) is 0.566. The van der Waals surface area contributed by atoms with Gasteiger partial charge in [0, 0.05) is 5.56 Å². The number of halogens is 3. The van der Waals surface area contributed by atoms with Gasteiger partial charge < -0.3 is 0 Å². The molecule has 0 unspecified atom stereocenters. The summed E-state index contributed by atoms with van der Waals surface area (Å²) in [7, 11) is 0. The number of hydrogen-bond acceptors (Lipinski definition) is 3. The SMILES string of the molecule is O=C1Cc2ccc(-c3ccc(C(F)(F)F)cc3)cc2C(=O)N1OCc1ccccc1. The second kappa shape index (κ2) is 7.76. The van der Waals surface area contributed by atoms with Crippen LogP contribution < -0.4 is 0 Å². The Morgan fingerprint density at radius 1 is 0.867 bits per heavy atom. The minimum absolute atomic E-state index is 0.00313. The highest BCUT2D eigenvalue weighted by Gasteiger charge is 2.33. The number of alkyl halides is 3. The molecule has 30 heavy (non-hydrogen) atoms. The lowest BCUT2D eigenvalue weighted by Crippen LogP contribution is -2.42. The van der Waals surface area contributed by atoms with Crippen LogP contribution in [0.1, 0.15) is 27.0 Å². The summed E-state index contributed by atoms with van der Waals surface area (Å²) < 4.78 is 38.3. The van der Waals surface area contributed by atoms with Crippen molar-refractivity contribution in [2.24, 2.45) is 0 Å². The van der Waals surface area contributed by atoms with Crippen LogP contribution in [0, 0.1) is 0 Å². The van der Waals surface area contributed by atoms with Crippen molar-refractivity contribution in [3.05, 3.63) is 95.1 Å². The van der Waals surface area contributed by atoms with Gasteiger partial charge in [-0.3, -0.25) is 14.4 Å². The number of rotatable bonds is 4. The van der Waals surface area contributed by atoms with Gasteiger partial charge in [0.05, 0.1) is 12.0 Å². The number of nitrogens with zero attached hydrogens (tertiary/aromatic N) is 1. The number of hydrogen-bond donors (Lipinski definition) is 0. The van der Waals surface area contributed by atoms with Crippen molar-refractivity contribution in [2.75, 3.05) is 0 Å². The number of carbonyl (C=O) groups is 2. The predicted molar refractivity (Wildman–Crippen MR) is 103 cm³/mol. The Morgan fingerprint density at radius 3 is 2.20 bits per heavy atom. The summed E-state index contributed by atoms with van der Waals surface area (Å²) in [5.74, 6) is -1.06.